The molecule has 80 valence electrons. The zero-order valence-corrected chi connectivity index (χ0v) is 8.03. The molecule has 2 rings (SSSR count). The Labute approximate surface area is 86.4 Å². The van der Waals surface area contributed by atoms with Gasteiger partial charge in [-0.2, -0.15) is 0 Å². The van der Waals surface area contributed by atoms with E-state index in [0.29, 0.717) is 30.4 Å². The zero-order chi connectivity index (χ0) is 10.8. The lowest BCUT2D eigenvalue weighted by Crippen LogP contribution is -2.02. The fraction of sp³-hybridized carbons (Fsp3) is 0.300. The molecule has 5 nitrogen and oxygen atoms in total. The van der Waals surface area contributed by atoms with E-state index >= 15 is 0 Å². The second-order valence-corrected chi connectivity index (χ2v) is 3.25. The lowest BCUT2D eigenvalue weighted by molar-refractivity contribution is 0.0696. The number of aromatic carboxylic acids is 1. The standard InChI is InChI=1S/C10H11NO4/c11-7-4-6(10(12)13)5-8-9(7)15-3-1-2-14-8/h4-5H,1-3,11H2,(H,12,13). The minimum absolute atomic E-state index is 0.108. The predicted octanol–water partition coefficient (Wildman–Crippen LogP) is 1.13. The van der Waals surface area contributed by atoms with Gasteiger partial charge in [-0.15, -0.1) is 0 Å². The SMILES string of the molecule is Nc1cc(C(=O)O)cc2c1OCCCO2. The van der Waals surface area contributed by atoms with Crippen molar-refractivity contribution in [2.75, 3.05) is 18.9 Å². The maximum absolute atomic E-state index is 10.8. The summed E-state index contributed by atoms with van der Waals surface area (Å²) in [5.74, 6) is -0.181. The van der Waals surface area contributed by atoms with Crippen LogP contribution in [0, 0.1) is 0 Å². The van der Waals surface area contributed by atoms with Crippen molar-refractivity contribution in [1.29, 1.82) is 0 Å². The van der Waals surface area contributed by atoms with Gasteiger partial charge < -0.3 is 20.3 Å². The number of ether oxygens (including phenoxy) is 2. The van der Waals surface area contributed by atoms with E-state index in [-0.39, 0.29) is 5.56 Å². The third-order valence-electron chi connectivity index (χ3n) is 2.12. The van der Waals surface area contributed by atoms with E-state index in [0.717, 1.165) is 6.42 Å². The average molecular weight is 209 g/mol. The quantitative estimate of drug-likeness (QED) is 0.677. The first kappa shape index (κ1) is 9.64. The molecular weight excluding hydrogens is 198 g/mol. The Kier molecular flexibility index (Phi) is 2.37. The number of hydrogen-bond acceptors (Lipinski definition) is 4. The molecule has 0 spiro atoms. The van der Waals surface area contributed by atoms with E-state index < -0.39 is 5.97 Å². The molecule has 0 radical (unpaired) electrons. The van der Waals surface area contributed by atoms with Gasteiger partial charge in [0.2, 0.25) is 0 Å². The molecule has 0 aliphatic carbocycles. The highest BCUT2D eigenvalue weighted by atomic mass is 16.5. The summed E-state index contributed by atoms with van der Waals surface area (Å²) in [6.45, 7) is 1.04. The molecule has 3 N–H and O–H groups in total. The number of nitrogen functional groups attached to an aromatic ring is 1. The number of benzene rings is 1. The highest BCUT2D eigenvalue weighted by molar-refractivity contribution is 5.90. The van der Waals surface area contributed by atoms with Gasteiger partial charge in [-0.05, 0) is 12.1 Å². The van der Waals surface area contributed by atoms with Crippen molar-refractivity contribution in [2.24, 2.45) is 0 Å². The summed E-state index contributed by atoms with van der Waals surface area (Å²) in [6, 6.07) is 2.80. The molecule has 0 amide bonds. The molecule has 0 atom stereocenters. The third kappa shape index (κ3) is 1.81. The van der Waals surface area contributed by atoms with Gasteiger partial charge in [-0.3, -0.25) is 0 Å². The summed E-state index contributed by atoms with van der Waals surface area (Å²) in [6.07, 6.45) is 0.760. The molecule has 1 aromatic rings. The normalized spacial score (nSPS) is 14.4. The summed E-state index contributed by atoms with van der Waals surface area (Å²) >= 11 is 0. The second kappa shape index (κ2) is 3.68. The van der Waals surface area contributed by atoms with Gasteiger partial charge in [0.25, 0.3) is 0 Å². The van der Waals surface area contributed by atoms with Crippen LogP contribution in [0.25, 0.3) is 0 Å². The number of anilines is 1. The molecule has 15 heavy (non-hydrogen) atoms. The van der Waals surface area contributed by atoms with Crippen LogP contribution in [0.1, 0.15) is 16.8 Å². The summed E-state index contributed by atoms with van der Waals surface area (Å²) in [4.78, 5) is 10.8. The Balaban J connectivity index is 2.48. The van der Waals surface area contributed by atoms with Gasteiger partial charge in [0.05, 0.1) is 24.5 Å². The predicted molar refractivity (Wildman–Crippen MR) is 53.4 cm³/mol. The average Bonchev–Trinajstić information content (AvgIpc) is 2.42. The molecule has 0 unspecified atom stereocenters. The monoisotopic (exact) mass is 209 g/mol. The number of rotatable bonds is 1. The Bertz CT molecular complexity index is 403. The van der Waals surface area contributed by atoms with E-state index in [9.17, 15) is 4.79 Å². The van der Waals surface area contributed by atoms with Crippen molar-refractivity contribution in [3.63, 3.8) is 0 Å². The minimum atomic E-state index is -1.03. The lowest BCUT2D eigenvalue weighted by atomic mass is 10.1. The van der Waals surface area contributed by atoms with Gasteiger partial charge in [0.1, 0.15) is 0 Å². The lowest BCUT2D eigenvalue weighted by Gasteiger charge is -2.10. The van der Waals surface area contributed by atoms with Crippen LogP contribution in [-0.4, -0.2) is 24.3 Å². The van der Waals surface area contributed by atoms with Crippen LogP contribution >= 0.6 is 0 Å². The van der Waals surface area contributed by atoms with Crippen LogP contribution in [0.4, 0.5) is 5.69 Å². The Morgan fingerprint density at radius 3 is 2.80 bits per heavy atom. The van der Waals surface area contributed by atoms with E-state index in [1.807, 2.05) is 0 Å². The van der Waals surface area contributed by atoms with Gasteiger partial charge >= 0.3 is 5.97 Å². The molecule has 0 bridgehead atoms. The molecule has 0 aromatic heterocycles. The number of fused-ring (bicyclic) bond motifs is 1. The third-order valence-corrected chi connectivity index (χ3v) is 2.12. The topological polar surface area (TPSA) is 81.8 Å². The van der Waals surface area contributed by atoms with E-state index in [1.54, 1.807) is 0 Å². The number of nitrogens with two attached hydrogens (primary N) is 1. The molecule has 0 fully saturated rings. The fourth-order valence-corrected chi connectivity index (χ4v) is 1.42. The van der Waals surface area contributed by atoms with Gasteiger partial charge in [-0.1, -0.05) is 0 Å². The maximum atomic E-state index is 10.8. The molecule has 1 aliphatic heterocycles. The van der Waals surface area contributed by atoms with Crippen LogP contribution in [0.2, 0.25) is 0 Å². The molecule has 0 saturated heterocycles. The van der Waals surface area contributed by atoms with Crippen LogP contribution in [0.3, 0.4) is 0 Å². The molecule has 1 heterocycles. The zero-order valence-electron chi connectivity index (χ0n) is 8.03. The molecule has 5 heteroatoms. The summed E-state index contributed by atoms with van der Waals surface area (Å²) in [5.41, 5.74) is 6.09. The van der Waals surface area contributed by atoms with Crippen molar-refractivity contribution in [3.05, 3.63) is 17.7 Å². The summed E-state index contributed by atoms with van der Waals surface area (Å²) < 4.78 is 10.7. The van der Waals surface area contributed by atoms with Crippen molar-refractivity contribution in [2.45, 2.75) is 6.42 Å². The van der Waals surface area contributed by atoms with Crippen LogP contribution in [-0.2, 0) is 0 Å². The molecule has 1 aliphatic rings. The van der Waals surface area contributed by atoms with E-state index in [2.05, 4.69) is 0 Å². The largest absolute Gasteiger partial charge is 0.489 e. The first-order chi connectivity index (χ1) is 7.18. The number of carbonyl (C=O) groups is 1. The number of carboxylic acids is 1. The van der Waals surface area contributed by atoms with E-state index in [4.69, 9.17) is 20.3 Å². The highest BCUT2D eigenvalue weighted by Gasteiger charge is 2.17. The smallest absolute Gasteiger partial charge is 0.335 e. The molecular formula is C10H11NO4. The van der Waals surface area contributed by atoms with Crippen LogP contribution in [0.5, 0.6) is 11.5 Å². The Morgan fingerprint density at radius 1 is 1.33 bits per heavy atom. The van der Waals surface area contributed by atoms with Crippen molar-refractivity contribution in [3.8, 4) is 11.5 Å². The van der Waals surface area contributed by atoms with Gasteiger partial charge in [0, 0.05) is 6.42 Å². The van der Waals surface area contributed by atoms with Gasteiger partial charge in [-0.25, -0.2) is 4.79 Å². The number of carboxylic acid groups (broad SMARTS) is 1. The van der Waals surface area contributed by atoms with E-state index in [1.165, 1.54) is 12.1 Å². The van der Waals surface area contributed by atoms with Crippen molar-refractivity contribution in [1.82, 2.24) is 0 Å². The first-order valence-electron chi connectivity index (χ1n) is 4.61. The maximum Gasteiger partial charge on any atom is 0.335 e. The van der Waals surface area contributed by atoms with Crippen LogP contribution in [0.15, 0.2) is 12.1 Å². The molecule has 1 aromatic carbocycles. The van der Waals surface area contributed by atoms with Crippen molar-refractivity contribution >= 4 is 11.7 Å². The van der Waals surface area contributed by atoms with Gasteiger partial charge in [0.15, 0.2) is 11.5 Å². The summed E-state index contributed by atoms with van der Waals surface area (Å²) in [7, 11) is 0. The van der Waals surface area contributed by atoms with Crippen LogP contribution < -0.4 is 15.2 Å². The minimum Gasteiger partial charge on any atom is -0.489 e. The fourth-order valence-electron chi connectivity index (χ4n) is 1.42. The second-order valence-electron chi connectivity index (χ2n) is 3.25. The highest BCUT2D eigenvalue weighted by Crippen LogP contribution is 2.36. The number of hydrogen-bond donors (Lipinski definition) is 2. The van der Waals surface area contributed by atoms with Crippen molar-refractivity contribution < 1.29 is 19.4 Å². The Hall–Kier alpha value is -1.91. The Morgan fingerprint density at radius 2 is 2.07 bits per heavy atom. The molecule has 0 saturated carbocycles. The summed E-state index contributed by atoms with van der Waals surface area (Å²) in [5, 5.41) is 8.83. The first-order valence-corrected chi connectivity index (χ1v) is 4.61.